The van der Waals surface area contributed by atoms with Crippen LogP contribution in [0.15, 0.2) is 72.8 Å². The standard InChI is InChI=1S/C21H24N2O/c1-22-21(19-8-3-2-4-9-19)14-23-16-24-15-17-11-12-18-7-5-6-10-20(18)13-17/h2-13,21-23H,14-16H2,1H3. The van der Waals surface area contributed by atoms with E-state index in [0.29, 0.717) is 13.3 Å². The fourth-order valence-corrected chi connectivity index (χ4v) is 2.84. The molecule has 3 heteroatoms. The van der Waals surface area contributed by atoms with Crippen LogP contribution in [0.3, 0.4) is 0 Å². The van der Waals surface area contributed by atoms with E-state index in [1.165, 1.54) is 21.9 Å². The van der Waals surface area contributed by atoms with Gasteiger partial charge in [-0.1, -0.05) is 66.7 Å². The summed E-state index contributed by atoms with van der Waals surface area (Å²) < 4.78 is 5.76. The van der Waals surface area contributed by atoms with Crippen LogP contribution in [0, 0.1) is 0 Å². The highest BCUT2D eigenvalue weighted by molar-refractivity contribution is 5.82. The summed E-state index contributed by atoms with van der Waals surface area (Å²) in [6.45, 7) is 1.99. The zero-order valence-electron chi connectivity index (χ0n) is 14.0. The molecule has 1 unspecified atom stereocenters. The van der Waals surface area contributed by atoms with Crippen molar-refractivity contribution in [2.24, 2.45) is 0 Å². The molecule has 24 heavy (non-hydrogen) atoms. The molecule has 1 atom stereocenters. The van der Waals surface area contributed by atoms with Gasteiger partial charge in [0, 0.05) is 12.6 Å². The molecular formula is C21H24N2O. The van der Waals surface area contributed by atoms with Gasteiger partial charge in [-0.25, -0.2) is 0 Å². The fraction of sp³-hybridized carbons (Fsp3) is 0.238. The van der Waals surface area contributed by atoms with Crippen molar-refractivity contribution < 1.29 is 4.74 Å². The largest absolute Gasteiger partial charge is 0.362 e. The first kappa shape index (κ1) is 16.7. The molecule has 0 aliphatic rings. The highest BCUT2D eigenvalue weighted by Crippen LogP contribution is 2.16. The van der Waals surface area contributed by atoms with Crippen molar-refractivity contribution in [2.75, 3.05) is 20.3 Å². The molecule has 3 nitrogen and oxygen atoms in total. The molecule has 3 aromatic rings. The lowest BCUT2D eigenvalue weighted by atomic mass is 10.1. The summed E-state index contributed by atoms with van der Waals surface area (Å²) in [5, 5.41) is 9.21. The van der Waals surface area contributed by atoms with Crippen molar-refractivity contribution in [3.63, 3.8) is 0 Å². The summed E-state index contributed by atoms with van der Waals surface area (Å²) in [6.07, 6.45) is 0. The smallest absolute Gasteiger partial charge is 0.0970 e. The first-order valence-electron chi connectivity index (χ1n) is 8.35. The van der Waals surface area contributed by atoms with E-state index in [-0.39, 0.29) is 6.04 Å². The topological polar surface area (TPSA) is 33.3 Å². The van der Waals surface area contributed by atoms with Crippen LogP contribution in [0.2, 0.25) is 0 Å². The molecule has 0 spiro atoms. The molecule has 0 fully saturated rings. The van der Waals surface area contributed by atoms with Crippen LogP contribution in [0.1, 0.15) is 17.2 Å². The Bertz CT molecular complexity index is 758. The second-order valence-corrected chi connectivity index (χ2v) is 5.88. The Morgan fingerprint density at radius 3 is 2.42 bits per heavy atom. The van der Waals surface area contributed by atoms with Gasteiger partial charge in [-0.15, -0.1) is 0 Å². The first-order chi connectivity index (χ1) is 11.9. The number of rotatable bonds is 8. The van der Waals surface area contributed by atoms with Gasteiger partial charge < -0.3 is 10.1 Å². The van der Waals surface area contributed by atoms with Gasteiger partial charge in [0.25, 0.3) is 0 Å². The van der Waals surface area contributed by atoms with Crippen molar-refractivity contribution >= 4 is 10.8 Å². The molecule has 0 saturated heterocycles. The van der Waals surface area contributed by atoms with Crippen molar-refractivity contribution in [3.05, 3.63) is 83.9 Å². The minimum atomic E-state index is 0.287. The molecule has 3 aromatic carbocycles. The number of hydrogen-bond donors (Lipinski definition) is 2. The van der Waals surface area contributed by atoms with Gasteiger partial charge in [0.1, 0.15) is 0 Å². The van der Waals surface area contributed by atoms with Crippen LogP contribution in [0.5, 0.6) is 0 Å². The summed E-state index contributed by atoms with van der Waals surface area (Å²) in [7, 11) is 1.98. The minimum absolute atomic E-state index is 0.287. The van der Waals surface area contributed by atoms with Crippen molar-refractivity contribution in [1.29, 1.82) is 0 Å². The molecule has 0 aromatic heterocycles. The fourth-order valence-electron chi connectivity index (χ4n) is 2.84. The van der Waals surface area contributed by atoms with E-state index in [1.807, 2.05) is 13.1 Å². The Morgan fingerprint density at radius 2 is 1.62 bits per heavy atom. The quantitative estimate of drug-likeness (QED) is 0.488. The number of hydrogen-bond acceptors (Lipinski definition) is 3. The summed E-state index contributed by atoms with van der Waals surface area (Å²) in [6, 6.07) is 25.6. The molecular weight excluding hydrogens is 296 g/mol. The zero-order valence-corrected chi connectivity index (χ0v) is 14.0. The van der Waals surface area contributed by atoms with Gasteiger partial charge >= 0.3 is 0 Å². The van der Waals surface area contributed by atoms with E-state index in [2.05, 4.69) is 77.4 Å². The molecule has 0 bridgehead atoms. The van der Waals surface area contributed by atoms with Crippen LogP contribution >= 0.6 is 0 Å². The number of likely N-dealkylation sites (N-methyl/N-ethyl adjacent to an activating group) is 1. The van der Waals surface area contributed by atoms with Gasteiger partial charge in [0.15, 0.2) is 0 Å². The first-order valence-corrected chi connectivity index (χ1v) is 8.35. The molecule has 3 rings (SSSR count). The molecule has 0 saturated carbocycles. The third-order valence-electron chi connectivity index (χ3n) is 4.19. The molecule has 2 N–H and O–H groups in total. The average Bonchev–Trinajstić information content (AvgIpc) is 2.65. The Labute approximate surface area is 143 Å². The maximum absolute atomic E-state index is 5.76. The van der Waals surface area contributed by atoms with E-state index in [4.69, 9.17) is 4.74 Å². The van der Waals surface area contributed by atoms with Crippen LogP contribution in [0.25, 0.3) is 10.8 Å². The van der Waals surface area contributed by atoms with Gasteiger partial charge in [0.05, 0.1) is 13.3 Å². The lowest BCUT2D eigenvalue weighted by Gasteiger charge is -2.17. The van der Waals surface area contributed by atoms with Crippen LogP contribution < -0.4 is 10.6 Å². The highest BCUT2D eigenvalue weighted by Gasteiger charge is 2.07. The van der Waals surface area contributed by atoms with Crippen LogP contribution in [-0.2, 0) is 11.3 Å². The monoisotopic (exact) mass is 320 g/mol. The molecule has 0 radical (unpaired) electrons. The van der Waals surface area contributed by atoms with E-state index in [9.17, 15) is 0 Å². The SMILES string of the molecule is CNC(CNCOCc1ccc2ccccc2c1)c1ccccc1. The Kier molecular flexibility index (Phi) is 5.96. The maximum Gasteiger partial charge on any atom is 0.0970 e. The summed E-state index contributed by atoms with van der Waals surface area (Å²) in [5.74, 6) is 0. The Morgan fingerprint density at radius 1 is 0.875 bits per heavy atom. The average molecular weight is 320 g/mol. The molecule has 0 amide bonds. The number of nitrogens with one attached hydrogen (secondary N) is 2. The Balaban J connectivity index is 1.44. The van der Waals surface area contributed by atoms with Crippen molar-refractivity contribution in [1.82, 2.24) is 10.6 Å². The van der Waals surface area contributed by atoms with Crippen LogP contribution in [-0.4, -0.2) is 20.3 Å². The van der Waals surface area contributed by atoms with Gasteiger partial charge in [-0.05, 0) is 35.0 Å². The van der Waals surface area contributed by atoms with Crippen LogP contribution in [0.4, 0.5) is 0 Å². The predicted octanol–water partition coefficient (Wildman–Crippen LogP) is 3.86. The summed E-state index contributed by atoms with van der Waals surface area (Å²) in [5.41, 5.74) is 2.48. The van der Waals surface area contributed by atoms with Crippen molar-refractivity contribution in [2.45, 2.75) is 12.6 Å². The summed E-state index contributed by atoms with van der Waals surface area (Å²) >= 11 is 0. The lowest BCUT2D eigenvalue weighted by molar-refractivity contribution is 0.102. The minimum Gasteiger partial charge on any atom is -0.362 e. The Hall–Kier alpha value is -2.20. The maximum atomic E-state index is 5.76. The summed E-state index contributed by atoms with van der Waals surface area (Å²) in [4.78, 5) is 0. The predicted molar refractivity (Wildman–Crippen MR) is 99.8 cm³/mol. The van der Waals surface area contributed by atoms with E-state index < -0.39 is 0 Å². The molecule has 0 aliphatic carbocycles. The van der Waals surface area contributed by atoms with Gasteiger partial charge in [0.2, 0.25) is 0 Å². The van der Waals surface area contributed by atoms with E-state index in [1.54, 1.807) is 0 Å². The number of benzene rings is 3. The lowest BCUT2D eigenvalue weighted by Crippen LogP contribution is -2.30. The number of fused-ring (bicyclic) bond motifs is 1. The third-order valence-corrected chi connectivity index (χ3v) is 4.19. The van der Waals surface area contributed by atoms with E-state index >= 15 is 0 Å². The molecule has 0 heterocycles. The third kappa shape index (κ3) is 4.42. The van der Waals surface area contributed by atoms with Gasteiger partial charge in [-0.2, -0.15) is 0 Å². The van der Waals surface area contributed by atoms with Gasteiger partial charge in [-0.3, -0.25) is 5.32 Å². The molecule has 0 aliphatic heterocycles. The molecule has 124 valence electrons. The number of ether oxygens (including phenoxy) is 1. The zero-order chi connectivity index (χ0) is 16.6. The second-order valence-electron chi connectivity index (χ2n) is 5.88. The van der Waals surface area contributed by atoms with Crippen molar-refractivity contribution in [3.8, 4) is 0 Å². The normalized spacial score (nSPS) is 12.4. The highest BCUT2D eigenvalue weighted by atomic mass is 16.5. The van der Waals surface area contributed by atoms with E-state index in [0.717, 1.165) is 6.54 Å². The second kappa shape index (κ2) is 8.60.